The molecule has 112 valence electrons. The van der Waals surface area contributed by atoms with Crippen LogP contribution in [0, 0.1) is 5.92 Å². The van der Waals surface area contributed by atoms with Crippen LogP contribution >= 0.6 is 11.6 Å². The van der Waals surface area contributed by atoms with Crippen molar-refractivity contribution in [2.75, 3.05) is 27.3 Å². The van der Waals surface area contributed by atoms with Crippen LogP contribution in [0.4, 0.5) is 0 Å². The predicted octanol–water partition coefficient (Wildman–Crippen LogP) is 2.53. The Morgan fingerprint density at radius 1 is 1.40 bits per heavy atom. The molecule has 1 aromatic rings. The van der Waals surface area contributed by atoms with Gasteiger partial charge in [0, 0.05) is 19.1 Å². The van der Waals surface area contributed by atoms with E-state index in [1.54, 1.807) is 14.2 Å². The first-order valence-electron chi connectivity index (χ1n) is 6.94. The first kappa shape index (κ1) is 15.4. The summed E-state index contributed by atoms with van der Waals surface area (Å²) in [7, 11) is 3.22. The maximum absolute atomic E-state index is 6.41. The van der Waals surface area contributed by atoms with Gasteiger partial charge in [-0.15, -0.1) is 0 Å². The third-order valence-electron chi connectivity index (χ3n) is 4.01. The highest BCUT2D eigenvalue weighted by molar-refractivity contribution is 6.33. The Bertz CT molecular complexity index is 465. The highest BCUT2D eigenvalue weighted by Gasteiger charge is 2.26. The molecule has 1 saturated heterocycles. The Morgan fingerprint density at radius 3 is 2.70 bits per heavy atom. The lowest BCUT2D eigenvalue weighted by Crippen LogP contribution is -2.29. The Balaban J connectivity index is 2.11. The van der Waals surface area contributed by atoms with E-state index in [2.05, 4.69) is 11.8 Å². The van der Waals surface area contributed by atoms with Crippen LogP contribution in [-0.2, 0) is 6.54 Å². The number of benzene rings is 1. The van der Waals surface area contributed by atoms with Crippen LogP contribution in [0.3, 0.4) is 0 Å². The lowest BCUT2D eigenvalue weighted by Gasteiger charge is -2.19. The maximum Gasteiger partial charge on any atom is 0.179 e. The number of hydrogen-bond donors (Lipinski definition) is 1. The van der Waals surface area contributed by atoms with E-state index in [1.165, 1.54) is 0 Å². The van der Waals surface area contributed by atoms with Gasteiger partial charge < -0.3 is 15.2 Å². The zero-order valence-electron chi connectivity index (χ0n) is 12.4. The van der Waals surface area contributed by atoms with Crippen molar-refractivity contribution in [2.45, 2.75) is 25.9 Å². The van der Waals surface area contributed by atoms with Crippen LogP contribution in [0.1, 0.15) is 18.9 Å². The molecular formula is C15H23ClN2O2. The first-order valence-corrected chi connectivity index (χ1v) is 7.32. The molecule has 5 heteroatoms. The third kappa shape index (κ3) is 3.19. The van der Waals surface area contributed by atoms with Gasteiger partial charge in [0.25, 0.3) is 0 Å². The SMILES string of the molecule is COc1ccc(CN2CCC(C(C)N)C2)c(Cl)c1OC. The fraction of sp³-hybridized carbons (Fsp3) is 0.600. The van der Waals surface area contributed by atoms with Crippen molar-refractivity contribution in [2.24, 2.45) is 11.7 Å². The molecule has 0 radical (unpaired) electrons. The molecule has 4 nitrogen and oxygen atoms in total. The molecule has 0 bridgehead atoms. The zero-order chi connectivity index (χ0) is 14.7. The second-order valence-corrected chi connectivity index (χ2v) is 5.80. The molecule has 0 aliphatic carbocycles. The second kappa shape index (κ2) is 6.66. The summed E-state index contributed by atoms with van der Waals surface area (Å²) in [5, 5.41) is 0.635. The fourth-order valence-corrected chi connectivity index (χ4v) is 3.02. The van der Waals surface area contributed by atoms with Crippen molar-refractivity contribution < 1.29 is 9.47 Å². The van der Waals surface area contributed by atoms with E-state index >= 15 is 0 Å². The second-order valence-electron chi connectivity index (χ2n) is 5.42. The molecule has 0 amide bonds. The number of halogens is 1. The van der Waals surface area contributed by atoms with Crippen LogP contribution in [0.25, 0.3) is 0 Å². The Labute approximate surface area is 125 Å². The van der Waals surface area contributed by atoms with Crippen molar-refractivity contribution in [1.29, 1.82) is 0 Å². The first-order chi connectivity index (χ1) is 9.56. The molecule has 1 aliphatic rings. The van der Waals surface area contributed by atoms with Gasteiger partial charge in [-0.1, -0.05) is 17.7 Å². The summed E-state index contributed by atoms with van der Waals surface area (Å²) in [6, 6.07) is 4.16. The van der Waals surface area contributed by atoms with Crippen molar-refractivity contribution in [3.8, 4) is 11.5 Å². The molecule has 0 spiro atoms. The summed E-state index contributed by atoms with van der Waals surface area (Å²) in [6.07, 6.45) is 1.16. The third-order valence-corrected chi connectivity index (χ3v) is 4.43. The van der Waals surface area contributed by atoms with E-state index in [1.807, 2.05) is 12.1 Å². The van der Waals surface area contributed by atoms with Crippen LogP contribution in [-0.4, -0.2) is 38.3 Å². The van der Waals surface area contributed by atoms with Crippen LogP contribution in [0.5, 0.6) is 11.5 Å². The van der Waals surface area contributed by atoms with Crippen molar-refractivity contribution in [3.63, 3.8) is 0 Å². The normalized spacial score (nSPS) is 20.9. The van der Waals surface area contributed by atoms with Gasteiger partial charge in [-0.05, 0) is 37.4 Å². The van der Waals surface area contributed by atoms with Crippen molar-refractivity contribution in [3.05, 3.63) is 22.7 Å². The lowest BCUT2D eigenvalue weighted by molar-refractivity contribution is 0.307. The smallest absolute Gasteiger partial charge is 0.179 e. The monoisotopic (exact) mass is 298 g/mol. The standard InChI is InChI=1S/C15H23ClN2O2/c1-10(17)11-6-7-18(8-11)9-12-4-5-13(19-2)15(20-3)14(12)16/h4-5,10-11H,6-9,17H2,1-3H3. The van der Waals surface area contributed by atoms with Gasteiger partial charge in [-0.3, -0.25) is 4.90 Å². The molecule has 2 unspecified atom stereocenters. The minimum absolute atomic E-state index is 0.251. The predicted molar refractivity (Wildman–Crippen MR) is 81.6 cm³/mol. The van der Waals surface area contributed by atoms with Gasteiger partial charge in [0.15, 0.2) is 11.5 Å². The minimum atomic E-state index is 0.251. The minimum Gasteiger partial charge on any atom is -0.493 e. The van der Waals surface area contributed by atoms with Crippen LogP contribution < -0.4 is 15.2 Å². The summed E-state index contributed by atoms with van der Waals surface area (Å²) in [4.78, 5) is 2.39. The lowest BCUT2D eigenvalue weighted by atomic mass is 10.0. The Hall–Kier alpha value is -0.970. The average molecular weight is 299 g/mol. The number of methoxy groups -OCH3 is 2. The molecule has 0 saturated carbocycles. The average Bonchev–Trinajstić information content (AvgIpc) is 2.89. The van der Waals surface area contributed by atoms with Gasteiger partial charge in [-0.2, -0.15) is 0 Å². The topological polar surface area (TPSA) is 47.7 Å². The zero-order valence-corrected chi connectivity index (χ0v) is 13.1. The largest absolute Gasteiger partial charge is 0.493 e. The molecule has 20 heavy (non-hydrogen) atoms. The Kier molecular flexibility index (Phi) is 5.13. The Morgan fingerprint density at radius 2 is 2.15 bits per heavy atom. The summed E-state index contributed by atoms with van der Waals surface area (Å²) in [5.41, 5.74) is 7.04. The number of nitrogens with two attached hydrogens (primary N) is 1. The van der Waals surface area contributed by atoms with E-state index in [0.29, 0.717) is 22.4 Å². The van der Waals surface area contributed by atoms with Crippen molar-refractivity contribution in [1.82, 2.24) is 4.90 Å². The number of likely N-dealkylation sites (tertiary alicyclic amines) is 1. The number of nitrogens with zero attached hydrogens (tertiary/aromatic N) is 1. The molecular weight excluding hydrogens is 276 g/mol. The van der Waals surface area contributed by atoms with Gasteiger partial charge in [0.2, 0.25) is 0 Å². The van der Waals surface area contributed by atoms with E-state index in [9.17, 15) is 0 Å². The number of rotatable bonds is 5. The summed E-state index contributed by atoms with van der Waals surface area (Å²) < 4.78 is 10.6. The molecule has 2 atom stereocenters. The van der Waals surface area contributed by atoms with Gasteiger partial charge in [-0.25, -0.2) is 0 Å². The number of ether oxygens (including phenoxy) is 2. The van der Waals surface area contributed by atoms with E-state index < -0.39 is 0 Å². The molecule has 2 N–H and O–H groups in total. The molecule has 0 aromatic heterocycles. The van der Waals surface area contributed by atoms with Crippen LogP contribution in [0.2, 0.25) is 5.02 Å². The maximum atomic E-state index is 6.41. The highest BCUT2D eigenvalue weighted by atomic mass is 35.5. The summed E-state index contributed by atoms with van der Waals surface area (Å²) in [5.74, 6) is 1.85. The summed E-state index contributed by atoms with van der Waals surface area (Å²) >= 11 is 6.41. The number of hydrogen-bond acceptors (Lipinski definition) is 4. The fourth-order valence-electron chi connectivity index (χ4n) is 2.73. The molecule has 1 fully saturated rings. The quantitative estimate of drug-likeness (QED) is 0.907. The van der Waals surface area contributed by atoms with Gasteiger partial charge in [0.1, 0.15) is 0 Å². The summed E-state index contributed by atoms with van der Waals surface area (Å²) in [6.45, 7) is 5.00. The van der Waals surface area contributed by atoms with Gasteiger partial charge in [0.05, 0.1) is 19.2 Å². The van der Waals surface area contributed by atoms with E-state index in [4.69, 9.17) is 26.8 Å². The van der Waals surface area contributed by atoms with Crippen LogP contribution in [0.15, 0.2) is 12.1 Å². The molecule has 1 aromatic carbocycles. The van der Waals surface area contributed by atoms with E-state index in [0.717, 1.165) is 31.6 Å². The van der Waals surface area contributed by atoms with Crippen molar-refractivity contribution >= 4 is 11.6 Å². The molecule has 1 aliphatic heterocycles. The molecule has 1 heterocycles. The van der Waals surface area contributed by atoms with Gasteiger partial charge >= 0.3 is 0 Å². The molecule has 2 rings (SSSR count). The highest BCUT2D eigenvalue weighted by Crippen LogP contribution is 2.38. The van der Waals surface area contributed by atoms with E-state index in [-0.39, 0.29) is 6.04 Å².